The average Bonchev–Trinajstić information content (AvgIpc) is 3.16. The number of guanidine groups is 1. The summed E-state index contributed by atoms with van der Waals surface area (Å²) in [6.45, 7) is 6.00. The van der Waals surface area contributed by atoms with E-state index in [0.29, 0.717) is 5.69 Å². The summed E-state index contributed by atoms with van der Waals surface area (Å²) >= 11 is 0. The lowest BCUT2D eigenvalue weighted by Crippen LogP contribution is -2.53. The Morgan fingerprint density at radius 3 is 2.66 bits per heavy atom. The van der Waals surface area contributed by atoms with Crippen molar-refractivity contribution in [2.45, 2.75) is 13.3 Å². The predicted octanol–water partition coefficient (Wildman–Crippen LogP) is 2.72. The van der Waals surface area contributed by atoms with Gasteiger partial charge in [0.1, 0.15) is 11.5 Å². The van der Waals surface area contributed by atoms with Gasteiger partial charge in [0.05, 0.1) is 11.4 Å². The van der Waals surface area contributed by atoms with Crippen LogP contribution in [0.1, 0.15) is 11.3 Å². The van der Waals surface area contributed by atoms with Crippen LogP contribution in [0.3, 0.4) is 0 Å². The number of para-hydroxylation sites is 1. The van der Waals surface area contributed by atoms with Crippen molar-refractivity contribution in [1.29, 1.82) is 0 Å². The van der Waals surface area contributed by atoms with E-state index in [1.165, 1.54) is 11.6 Å². The third-order valence-corrected chi connectivity index (χ3v) is 5.38. The number of anilines is 1. The number of rotatable bonds is 4. The van der Waals surface area contributed by atoms with E-state index in [-0.39, 0.29) is 5.82 Å². The second-order valence-electron chi connectivity index (χ2n) is 7.30. The molecule has 2 aromatic heterocycles. The summed E-state index contributed by atoms with van der Waals surface area (Å²) in [5.41, 5.74) is 3.93. The molecule has 0 spiro atoms. The summed E-state index contributed by atoms with van der Waals surface area (Å²) in [4.78, 5) is 13.5. The largest absolute Gasteiger partial charge is 0.366 e. The number of hydrogen-bond acceptors (Lipinski definition) is 3. The van der Waals surface area contributed by atoms with Gasteiger partial charge in [0.15, 0.2) is 5.96 Å². The van der Waals surface area contributed by atoms with Gasteiger partial charge in [0, 0.05) is 58.6 Å². The van der Waals surface area contributed by atoms with E-state index in [1.807, 2.05) is 24.4 Å². The topological polar surface area (TPSA) is 48.2 Å². The number of benzene rings is 1. The van der Waals surface area contributed by atoms with Gasteiger partial charge < -0.3 is 19.5 Å². The SMILES string of the molecule is CN=C(NCCc1cn2cccc(C)c2n1)N1CCN(c2ccccc2F)CC1. The molecule has 6 nitrogen and oxygen atoms in total. The fourth-order valence-corrected chi connectivity index (χ4v) is 3.83. The highest BCUT2D eigenvalue weighted by atomic mass is 19.1. The molecule has 1 aromatic carbocycles. The predicted molar refractivity (Wildman–Crippen MR) is 115 cm³/mol. The number of nitrogens with one attached hydrogen (secondary N) is 1. The summed E-state index contributed by atoms with van der Waals surface area (Å²) in [6, 6.07) is 11.1. The molecule has 0 unspecified atom stereocenters. The molecule has 1 saturated heterocycles. The van der Waals surface area contributed by atoms with Crippen molar-refractivity contribution in [3.05, 3.63) is 65.9 Å². The third kappa shape index (κ3) is 4.18. The molecule has 0 amide bonds. The Balaban J connectivity index is 1.31. The molecule has 29 heavy (non-hydrogen) atoms. The number of aryl methyl sites for hydroxylation is 1. The fourth-order valence-electron chi connectivity index (χ4n) is 3.83. The Kier molecular flexibility index (Phi) is 5.64. The number of imidazole rings is 1. The molecule has 4 rings (SSSR count). The average molecular weight is 394 g/mol. The van der Waals surface area contributed by atoms with Crippen LogP contribution in [0.2, 0.25) is 0 Å². The van der Waals surface area contributed by atoms with Crippen molar-refractivity contribution in [1.82, 2.24) is 19.6 Å². The van der Waals surface area contributed by atoms with Crippen LogP contribution in [0, 0.1) is 12.7 Å². The summed E-state index contributed by atoms with van der Waals surface area (Å²) in [7, 11) is 1.81. The van der Waals surface area contributed by atoms with Gasteiger partial charge in [-0.3, -0.25) is 4.99 Å². The maximum Gasteiger partial charge on any atom is 0.193 e. The molecule has 1 aliphatic rings. The molecule has 0 saturated carbocycles. The zero-order valence-corrected chi connectivity index (χ0v) is 17.0. The van der Waals surface area contributed by atoms with Crippen LogP contribution in [-0.4, -0.2) is 60.0 Å². The lowest BCUT2D eigenvalue weighted by Gasteiger charge is -2.37. The minimum atomic E-state index is -0.161. The van der Waals surface area contributed by atoms with Crippen LogP contribution in [0.25, 0.3) is 5.65 Å². The molecule has 152 valence electrons. The first kappa shape index (κ1) is 19.2. The molecular formula is C22H27FN6. The van der Waals surface area contributed by atoms with Gasteiger partial charge in [-0.1, -0.05) is 18.2 Å². The minimum absolute atomic E-state index is 0.161. The smallest absolute Gasteiger partial charge is 0.193 e. The molecule has 0 aliphatic carbocycles. The zero-order chi connectivity index (χ0) is 20.2. The molecule has 1 fully saturated rings. The fraction of sp³-hybridized carbons (Fsp3) is 0.364. The summed E-state index contributed by atoms with van der Waals surface area (Å²) in [6.07, 6.45) is 4.94. The van der Waals surface area contributed by atoms with Crippen molar-refractivity contribution >= 4 is 17.3 Å². The molecular weight excluding hydrogens is 367 g/mol. The summed E-state index contributed by atoms with van der Waals surface area (Å²) in [5, 5.41) is 3.45. The molecule has 3 heterocycles. The number of hydrogen-bond donors (Lipinski definition) is 1. The number of pyridine rings is 1. The van der Waals surface area contributed by atoms with Crippen molar-refractivity contribution in [3.8, 4) is 0 Å². The number of fused-ring (bicyclic) bond motifs is 1. The molecule has 3 aromatic rings. The van der Waals surface area contributed by atoms with E-state index in [4.69, 9.17) is 4.98 Å². The van der Waals surface area contributed by atoms with Gasteiger partial charge in [0.2, 0.25) is 0 Å². The van der Waals surface area contributed by atoms with Crippen LogP contribution >= 0.6 is 0 Å². The van der Waals surface area contributed by atoms with E-state index in [2.05, 4.69) is 43.7 Å². The Hall–Kier alpha value is -3.09. The van der Waals surface area contributed by atoms with Crippen LogP contribution in [0.4, 0.5) is 10.1 Å². The minimum Gasteiger partial charge on any atom is -0.366 e. The molecule has 0 atom stereocenters. The highest BCUT2D eigenvalue weighted by molar-refractivity contribution is 5.80. The summed E-state index contributed by atoms with van der Waals surface area (Å²) in [5.74, 6) is 0.726. The lowest BCUT2D eigenvalue weighted by molar-refractivity contribution is 0.371. The van der Waals surface area contributed by atoms with Crippen molar-refractivity contribution < 1.29 is 4.39 Å². The van der Waals surface area contributed by atoms with Crippen LogP contribution in [0.5, 0.6) is 0 Å². The third-order valence-electron chi connectivity index (χ3n) is 5.38. The maximum absolute atomic E-state index is 14.0. The van der Waals surface area contributed by atoms with Gasteiger partial charge in [-0.2, -0.15) is 0 Å². The van der Waals surface area contributed by atoms with Gasteiger partial charge >= 0.3 is 0 Å². The van der Waals surface area contributed by atoms with Gasteiger partial charge in [-0.25, -0.2) is 9.37 Å². The Bertz CT molecular complexity index is 1000. The van der Waals surface area contributed by atoms with Gasteiger partial charge in [-0.05, 0) is 30.7 Å². The molecule has 1 N–H and O–H groups in total. The molecule has 7 heteroatoms. The van der Waals surface area contributed by atoms with E-state index < -0.39 is 0 Å². The van der Waals surface area contributed by atoms with Crippen LogP contribution in [0.15, 0.2) is 53.8 Å². The van der Waals surface area contributed by atoms with Crippen molar-refractivity contribution in [2.24, 2.45) is 4.99 Å². The normalized spacial score (nSPS) is 15.2. The monoisotopic (exact) mass is 394 g/mol. The number of halogens is 1. The van der Waals surface area contributed by atoms with E-state index >= 15 is 0 Å². The number of piperazine rings is 1. The summed E-state index contributed by atoms with van der Waals surface area (Å²) < 4.78 is 16.1. The number of aliphatic imine (C=N–C) groups is 1. The Morgan fingerprint density at radius 1 is 1.14 bits per heavy atom. The Morgan fingerprint density at radius 2 is 1.93 bits per heavy atom. The van der Waals surface area contributed by atoms with Crippen LogP contribution < -0.4 is 10.2 Å². The van der Waals surface area contributed by atoms with Crippen LogP contribution in [-0.2, 0) is 6.42 Å². The van der Waals surface area contributed by atoms with Gasteiger partial charge in [0.25, 0.3) is 0 Å². The molecule has 0 bridgehead atoms. The number of aromatic nitrogens is 2. The van der Waals surface area contributed by atoms with Crippen molar-refractivity contribution in [2.75, 3.05) is 44.7 Å². The quantitative estimate of drug-likeness (QED) is 0.546. The lowest BCUT2D eigenvalue weighted by atomic mass is 10.2. The van der Waals surface area contributed by atoms with E-state index in [0.717, 1.165) is 56.4 Å². The Labute approximate surface area is 170 Å². The van der Waals surface area contributed by atoms with E-state index in [9.17, 15) is 4.39 Å². The van der Waals surface area contributed by atoms with Crippen molar-refractivity contribution in [3.63, 3.8) is 0 Å². The number of nitrogens with zero attached hydrogens (tertiary/aromatic N) is 5. The first-order valence-corrected chi connectivity index (χ1v) is 10.0. The molecule has 1 aliphatic heterocycles. The molecule has 0 radical (unpaired) electrons. The standard InChI is InChI=1S/C22H27FN6/c1-17-6-5-11-29-16-18(26-21(17)29)9-10-25-22(24-2)28-14-12-27(13-15-28)20-8-4-3-7-19(20)23/h3-8,11,16H,9-10,12-15H2,1-2H3,(H,24,25). The van der Waals surface area contributed by atoms with Gasteiger partial charge in [-0.15, -0.1) is 0 Å². The second-order valence-corrected chi connectivity index (χ2v) is 7.30. The zero-order valence-electron chi connectivity index (χ0n) is 17.0. The second kappa shape index (κ2) is 8.51. The first-order chi connectivity index (χ1) is 14.2. The van der Waals surface area contributed by atoms with E-state index in [1.54, 1.807) is 13.1 Å². The first-order valence-electron chi connectivity index (χ1n) is 10.0. The highest BCUT2D eigenvalue weighted by Crippen LogP contribution is 2.20. The maximum atomic E-state index is 14.0. The highest BCUT2D eigenvalue weighted by Gasteiger charge is 2.21.